The second kappa shape index (κ2) is 8.73. The molecular weight excluding hydrogens is 439 g/mol. The fourth-order valence-electron chi connectivity index (χ4n) is 3.30. The Bertz CT molecular complexity index is 1130. The van der Waals surface area contributed by atoms with Gasteiger partial charge in [-0.25, -0.2) is 8.42 Å². The van der Waals surface area contributed by atoms with Crippen molar-refractivity contribution in [2.24, 2.45) is 12.9 Å². The molecule has 0 atom stereocenters. The van der Waals surface area contributed by atoms with Crippen molar-refractivity contribution in [2.75, 3.05) is 13.1 Å². The van der Waals surface area contributed by atoms with E-state index >= 15 is 0 Å². The molecule has 1 fully saturated rings. The van der Waals surface area contributed by atoms with Crippen LogP contribution >= 0.6 is 0 Å². The first-order valence-corrected chi connectivity index (χ1v) is 10.6. The van der Waals surface area contributed by atoms with Crippen LogP contribution in [0.3, 0.4) is 0 Å². The fraction of sp³-hybridized carbons (Fsp3) is 0.316. The third kappa shape index (κ3) is 5.09. The zero-order chi connectivity index (χ0) is 22.8. The first kappa shape index (κ1) is 22.8. The molecule has 8 nitrogen and oxygen atoms in total. The monoisotopic (exact) mass is 459 g/mol. The van der Waals surface area contributed by atoms with Gasteiger partial charge in [0.15, 0.2) is 5.76 Å². The molecule has 1 aliphatic rings. The Kier molecular flexibility index (Phi) is 6.43. The topological polar surface area (TPSA) is 104 Å². The van der Waals surface area contributed by atoms with E-state index in [2.05, 4.69) is 4.74 Å². The second-order valence-electron chi connectivity index (χ2n) is 6.78. The summed E-state index contributed by atoms with van der Waals surface area (Å²) in [6.45, 7) is 0.234. The lowest BCUT2D eigenvalue weighted by Gasteiger charge is -2.29. The molecule has 2 heterocycles. The van der Waals surface area contributed by atoms with Crippen LogP contribution in [0, 0.1) is 0 Å². The van der Waals surface area contributed by atoms with Gasteiger partial charge in [-0.2, -0.15) is 10.2 Å². The lowest BCUT2D eigenvalue weighted by molar-refractivity contribution is -0.274. The number of hydrogen-bond donors (Lipinski definition) is 1. The summed E-state index contributed by atoms with van der Waals surface area (Å²) in [7, 11) is -2.34. The minimum absolute atomic E-state index is 0.117. The molecule has 0 spiro atoms. The Morgan fingerprint density at radius 2 is 1.68 bits per heavy atom. The second-order valence-corrected chi connectivity index (χ2v) is 8.72. The third-order valence-corrected chi connectivity index (χ3v) is 6.79. The van der Waals surface area contributed by atoms with Gasteiger partial charge in [-0.1, -0.05) is 6.07 Å². The van der Waals surface area contributed by atoms with E-state index in [0.29, 0.717) is 24.3 Å². The highest BCUT2D eigenvalue weighted by Crippen LogP contribution is 2.30. The zero-order valence-electron chi connectivity index (χ0n) is 16.4. The lowest BCUT2D eigenvalue weighted by Crippen LogP contribution is -2.36. The SMILES string of the molecule is Cn1c(C(ON)=C2CCN(S(=O)(=O)c3ccc(OC(F)(F)F)cc3)CC2)cccc1=O. The number of aromatic nitrogens is 1. The maximum Gasteiger partial charge on any atom is 0.573 e. The number of halogens is 3. The Labute approximate surface area is 176 Å². The minimum atomic E-state index is -4.86. The molecule has 0 bridgehead atoms. The van der Waals surface area contributed by atoms with Crippen LogP contribution < -0.4 is 16.2 Å². The molecule has 3 rings (SSSR count). The largest absolute Gasteiger partial charge is 0.573 e. The quantitative estimate of drug-likeness (QED) is 0.544. The van der Waals surface area contributed by atoms with Crippen LogP contribution in [-0.4, -0.2) is 36.7 Å². The van der Waals surface area contributed by atoms with Crippen molar-refractivity contribution in [2.45, 2.75) is 24.1 Å². The Hall–Kier alpha value is -2.83. The molecule has 1 aliphatic heterocycles. The summed E-state index contributed by atoms with van der Waals surface area (Å²) in [6.07, 6.45) is -4.24. The predicted octanol–water partition coefficient (Wildman–Crippen LogP) is 2.37. The standard InChI is InChI=1S/C19H20F3N3O5S/c1-24-16(3-2-4-17(24)26)18(30-23)13-9-11-25(12-10-13)31(27,28)15-7-5-14(6-8-15)29-19(20,21)22/h2-8H,9-12,23H2,1H3. The fourth-order valence-corrected chi connectivity index (χ4v) is 4.74. The van der Waals surface area contributed by atoms with Gasteiger partial charge in [-0.15, -0.1) is 13.2 Å². The lowest BCUT2D eigenvalue weighted by atomic mass is 10.0. The molecule has 12 heteroatoms. The molecule has 0 radical (unpaired) electrons. The summed E-state index contributed by atoms with van der Waals surface area (Å²) in [5.41, 5.74) is 0.983. The number of pyridine rings is 1. The van der Waals surface area contributed by atoms with Crippen molar-refractivity contribution in [3.8, 4) is 5.75 Å². The molecule has 168 valence electrons. The number of nitrogens with two attached hydrogens (primary N) is 1. The highest BCUT2D eigenvalue weighted by molar-refractivity contribution is 7.89. The van der Waals surface area contributed by atoms with Gasteiger partial charge in [-0.3, -0.25) is 4.79 Å². The Balaban J connectivity index is 1.78. The average Bonchev–Trinajstić information content (AvgIpc) is 2.71. The molecule has 0 amide bonds. The molecular formula is C19H20F3N3O5S. The number of ether oxygens (including phenoxy) is 1. The summed E-state index contributed by atoms with van der Waals surface area (Å²) in [5, 5.41) is 0. The summed E-state index contributed by atoms with van der Waals surface area (Å²) < 4.78 is 68.9. The van der Waals surface area contributed by atoms with Crippen molar-refractivity contribution in [3.05, 3.63) is 64.1 Å². The van der Waals surface area contributed by atoms with E-state index < -0.39 is 22.1 Å². The van der Waals surface area contributed by atoms with E-state index in [1.54, 1.807) is 19.2 Å². The number of hydrogen-bond acceptors (Lipinski definition) is 6. The normalized spacial score (nSPS) is 15.6. The van der Waals surface area contributed by atoms with Crippen LogP contribution in [0.15, 0.2) is 57.7 Å². The maximum atomic E-state index is 12.8. The van der Waals surface area contributed by atoms with E-state index in [9.17, 15) is 26.4 Å². The number of piperidine rings is 1. The van der Waals surface area contributed by atoms with Crippen molar-refractivity contribution < 1.29 is 31.2 Å². The van der Waals surface area contributed by atoms with Gasteiger partial charge in [-0.05, 0) is 48.7 Å². The van der Waals surface area contributed by atoms with Crippen LogP contribution in [0.4, 0.5) is 13.2 Å². The van der Waals surface area contributed by atoms with E-state index in [-0.39, 0.29) is 23.5 Å². The first-order chi connectivity index (χ1) is 14.5. The summed E-state index contributed by atoms with van der Waals surface area (Å²) >= 11 is 0. The number of nitrogens with zero attached hydrogens (tertiary/aromatic N) is 2. The van der Waals surface area contributed by atoms with Gasteiger partial charge in [0.1, 0.15) is 5.75 Å². The van der Waals surface area contributed by atoms with Gasteiger partial charge < -0.3 is 14.1 Å². The number of alkyl halides is 3. The van der Waals surface area contributed by atoms with Gasteiger partial charge in [0.05, 0.1) is 10.6 Å². The molecule has 1 aromatic heterocycles. The molecule has 0 aliphatic carbocycles. The molecule has 31 heavy (non-hydrogen) atoms. The van der Waals surface area contributed by atoms with Crippen LogP contribution in [0.1, 0.15) is 18.5 Å². The van der Waals surface area contributed by atoms with Crippen molar-refractivity contribution in [1.29, 1.82) is 0 Å². The minimum Gasteiger partial charge on any atom is -0.409 e. The number of sulfonamides is 1. The van der Waals surface area contributed by atoms with E-state index in [1.807, 2.05) is 0 Å². The molecule has 1 saturated heterocycles. The van der Waals surface area contributed by atoms with Crippen LogP contribution in [0.25, 0.3) is 5.76 Å². The van der Waals surface area contributed by atoms with Crippen LogP contribution in [-0.2, 0) is 21.9 Å². The van der Waals surface area contributed by atoms with Crippen molar-refractivity contribution >= 4 is 15.8 Å². The smallest absolute Gasteiger partial charge is 0.409 e. The maximum absolute atomic E-state index is 12.8. The Morgan fingerprint density at radius 1 is 1.06 bits per heavy atom. The van der Waals surface area contributed by atoms with Crippen LogP contribution in [0.2, 0.25) is 0 Å². The highest BCUT2D eigenvalue weighted by Gasteiger charge is 2.32. The van der Waals surface area contributed by atoms with Gasteiger partial charge in [0.2, 0.25) is 10.0 Å². The summed E-state index contributed by atoms with van der Waals surface area (Å²) in [5.74, 6) is 5.23. The number of rotatable bonds is 5. The number of benzene rings is 1. The van der Waals surface area contributed by atoms with Gasteiger partial charge in [0, 0.05) is 26.2 Å². The average molecular weight is 459 g/mol. The first-order valence-electron chi connectivity index (χ1n) is 9.14. The van der Waals surface area contributed by atoms with Crippen LogP contribution in [0.5, 0.6) is 5.75 Å². The molecule has 0 unspecified atom stereocenters. The van der Waals surface area contributed by atoms with Gasteiger partial charge in [0.25, 0.3) is 5.56 Å². The van der Waals surface area contributed by atoms with Gasteiger partial charge >= 0.3 is 6.36 Å². The van der Waals surface area contributed by atoms with Crippen molar-refractivity contribution in [1.82, 2.24) is 8.87 Å². The third-order valence-electron chi connectivity index (χ3n) is 4.88. The molecule has 2 N–H and O–H groups in total. The Morgan fingerprint density at radius 3 is 2.23 bits per heavy atom. The molecule has 1 aromatic carbocycles. The zero-order valence-corrected chi connectivity index (χ0v) is 17.2. The molecule has 0 saturated carbocycles. The van der Waals surface area contributed by atoms with E-state index in [1.165, 1.54) is 14.9 Å². The predicted molar refractivity (Wildman–Crippen MR) is 105 cm³/mol. The van der Waals surface area contributed by atoms with E-state index in [4.69, 9.17) is 10.7 Å². The molecule has 2 aromatic rings. The van der Waals surface area contributed by atoms with Crippen molar-refractivity contribution in [3.63, 3.8) is 0 Å². The highest BCUT2D eigenvalue weighted by atomic mass is 32.2. The van der Waals surface area contributed by atoms with E-state index in [0.717, 1.165) is 29.8 Å². The summed E-state index contributed by atoms with van der Waals surface area (Å²) in [4.78, 5) is 16.7. The summed E-state index contributed by atoms with van der Waals surface area (Å²) in [6, 6.07) is 8.67.